The zero-order chi connectivity index (χ0) is 13.4. The quantitative estimate of drug-likeness (QED) is 0.756. The number of benzene rings is 1. The normalized spacial score (nSPS) is 30.8. The fraction of sp³-hybridized carbons (Fsp3) is 0.625. The molecule has 2 saturated carbocycles. The highest BCUT2D eigenvalue weighted by atomic mass is 79.9. The van der Waals surface area contributed by atoms with Crippen LogP contribution in [0.3, 0.4) is 0 Å². The molecule has 0 saturated heterocycles. The second kappa shape index (κ2) is 5.87. The molecular weight excluding hydrogens is 366 g/mol. The molecule has 1 aromatic carbocycles. The third-order valence-corrected chi connectivity index (χ3v) is 6.93. The third kappa shape index (κ3) is 3.08. The summed E-state index contributed by atoms with van der Waals surface area (Å²) in [4.78, 5) is 0. The molecule has 0 heterocycles. The van der Waals surface area contributed by atoms with E-state index in [-0.39, 0.29) is 0 Å². The SMILES string of the molecule is CC(NCc1ccc(Br)c(Br)c1)C1CC2CCC1C2. The minimum Gasteiger partial charge on any atom is -0.310 e. The van der Waals surface area contributed by atoms with Crippen LogP contribution < -0.4 is 5.32 Å². The minimum absolute atomic E-state index is 0.651. The number of hydrogen-bond donors (Lipinski definition) is 1. The van der Waals surface area contributed by atoms with E-state index in [9.17, 15) is 0 Å². The van der Waals surface area contributed by atoms with Gasteiger partial charge in [-0.05, 0) is 93.5 Å². The zero-order valence-electron chi connectivity index (χ0n) is 11.3. The van der Waals surface area contributed by atoms with Crippen molar-refractivity contribution in [1.29, 1.82) is 0 Å². The number of fused-ring (bicyclic) bond motifs is 2. The molecule has 2 aliphatic rings. The average molecular weight is 387 g/mol. The smallest absolute Gasteiger partial charge is 0.0320 e. The van der Waals surface area contributed by atoms with Gasteiger partial charge in [0.2, 0.25) is 0 Å². The molecule has 2 bridgehead atoms. The van der Waals surface area contributed by atoms with Crippen molar-refractivity contribution in [3.63, 3.8) is 0 Å². The molecule has 4 unspecified atom stereocenters. The predicted molar refractivity (Wildman–Crippen MR) is 87.1 cm³/mol. The molecule has 3 heteroatoms. The van der Waals surface area contributed by atoms with Crippen LogP contribution in [0, 0.1) is 17.8 Å². The van der Waals surface area contributed by atoms with Gasteiger partial charge in [-0.2, -0.15) is 0 Å². The molecule has 4 atom stereocenters. The number of rotatable bonds is 4. The van der Waals surface area contributed by atoms with E-state index < -0.39 is 0 Å². The van der Waals surface area contributed by atoms with Crippen molar-refractivity contribution in [2.75, 3.05) is 0 Å². The molecule has 0 aromatic heterocycles. The van der Waals surface area contributed by atoms with Crippen molar-refractivity contribution in [3.8, 4) is 0 Å². The number of nitrogens with one attached hydrogen (secondary N) is 1. The Balaban J connectivity index is 1.55. The fourth-order valence-corrected chi connectivity index (χ4v) is 4.66. The van der Waals surface area contributed by atoms with Gasteiger partial charge in [-0.1, -0.05) is 12.5 Å². The molecular formula is C16H21Br2N. The molecule has 1 N–H and O–H groups in total. The van der Waals surface area contributed by atoms with E-state index in [0.717, 1.165) is 33.2 Å². The van der Waals surface area contributed by atoms with Crippen molar-refractivity contribution >= 4 is 31.9 Å². The van der Waals surface area contributed by atoms with Gasteiger partial charge in [0.1, 0.15) is 0 Å². The predicted octanol–water partition coefficient (Wildman–Crippen LogP) is 5.13. The Morgan fingerprint density at radius 1 is 1.21 bits per heavy atom. The summed E-state index contributed by atoms with van der Waals surface area (Å²) in [6, 6.07) is 7.15. The summed E-state index contributed by atoms with van der Waals surface area (Å²) in [6.45, 7) is 3.35. The topological polar surface area (TPSA) is 12.0 Å². The van der Waals surface area contributed by atoms with Gasteiger partial charge in [-0.25, -0.2) is 0 Å². The number of halogens is 2. The first-order valence-corrected chi connectivity index (χ1v) is 8.89. The highest BCUT2D eigenvalue weighted by Gasteiger charge is 2.41. The molecule has 0 radical (unpaired) electrons. The van der Waals surface area contributed by atoms with E-state index in [1.54, 1.807) is 0 Å². The highest BCUT2D eigenvalue weighted by Crippen LogP contribution is 2.49. The van der Waals surface area contributed by atoms with Crippen LogP contribution >= 0.6 is 31.9 Å². The van der Waals surface area contributed by atoms with Gasteiger partial charge < -0.3 is 5.32 Å². The molecule has 0 spiro atoms. The van der Waals surface area contributed by atoms with Gasteiger partial charge in [0.15, 0.2) is 0 Å². The second-order valence-corrected chi connectivity index (χ2v) is 7.97. The summed E-state index contributed by atoms with van der Waals surface area (Å²) >= 11 is 7.09. The van der Waals surface area contributed by atoms with Crippen LogP contribution in [-0.4, -0.2) is 6.04 Å². The Bertz CT molecular complexity index is 460. The van der Waals surface area contributed by atoms with Crippen molar-refractivity contribution < 1.29 is 0 Å². The van der Waals surface area contributed by atoms with Crippen LogP contribution in [0.2, 0.25) is 0 Å². The van der Waals surface area contributed by atoms with Gasteiger partial charge in [0.25, 0.3) is 0 Å². The van der Waals surface area contributed by atoms with Crippen LogP contribution in [0.4, 0.5) is 0 Å². The maximum absolute atomic E-state index is 3.74. The van der Waals surface area contributed by atoms with E-state index >= 15 is 0 Å². The Kier molecular flexibility index (Phi) is 4.35. The number of hydrogen-bond acceptors (Lipinski definition) is 1. The molecule has 2 fully saturated rings. The summed E-state index contributed by atoms with van der Waals surface area (Å²) in [6.07, 6.45) is 5.93. The zero-order valence-corrected chi connectivity index (χ0v) is 14.5. The molecule has 0 amide bonds. The van der Waals surface area contributed by atoms with E-state index in [0.29, 0.717) is 6.04 Å². The monoisotopic (exact) mass is 385 g/mol. The van der Waals surface area contributed by atoms with Crippen molar-refractivity contribution in [2.45, 2.75) is 45.2 Å². The van der Waals surface area contributed by atoms with Crippen LogP contribution in [0.25, 0.3) is 0 Å². The largest absolute Gasteiger partial charge is 0.310 e. The Morgan fingerprint density at radius 3 is 2.68 bits per heavy atom. The van der Waals surface area contributed by atoms with Gasteiger partial charge in [-0.3, -0.25) is 0 Å². The van der Waals surface area contributed by atoms with Crippen molar-refractivity contribution in [2.24, 2.45) is 17.8 Å². The maximum atomic E-state index is 3.74. The first-order valence-electron chi connectivity index (χ1n) is 7.31. The summed E-state index contributed by atoms with van der Waals surface area (Å²) in [7, 11) is 0. The summed E-state index contributed by atoms with van der Waals surface area (Å²) < 4.78 is 2.26. The Labute approximate surface area is 132 Å². The minimum atomic E-state index is 0.651. The third-order valence-electron chi connectivity index (χ3n) is 5.05. The summed E-state index contributed by atoms with van der Waals surface area (Å²) in [5, 5.41) is 3.74. The van der Waals surface area contributed by atoms with E-state index in [1.807, 2.05) is 0 Å². The molecule has 1 aromatic rings. The first-order chi connectivity index (χ1) is 9.13. The lowest BCUT2D eigenvalue weighted by atomic mass is 9.84. The standard InChI is InChI=1S/C16H21Br2N/c1-10(14-7-11-2-4-13(14)6-11)19-9-12-3-5-15(17)16(18)8-12/h3,5,8,10-11,13-14,19H,2,4,6-7,9H2,1H3. The average Bonchev–Trinajstić information content (AvgIpc) is 3.02. The molecule has 19 heavy (non-hydrogen) atoms. The van der Waals surface area contributed by atoms with Crippen LogP contribution in [0.5, 0.6) is 0 Å². The Morgan fingerprint density at radius 2 is 2.05 bits per heavy atom. The maximum Gasteiger partial charge on any atom is 0.0320 e. The lowest BCUT2D eigenvalue weighted by molar-refractivity contribution is 0.259. The summed E-state index contributed by atoms with van der Waals surface area (Å²) in [5.41, 5.74) is 1.35. The molecule has 1 nitrogen and oxygen atoms in total. The fourth-order valence-electron chi connectivity index (χ4n) is 3.99. The Hall–Kier alpha value is 0.140. The van der Waals surface area contributed by atoms with E-state index in [1.165, 1.54) is 31.2 Å². The summed E-state index contributed by atoms with van der Waals surface area (Å²) in [5.74, 6) is 2.96. The molecule has 104 valence electrons. The van der Waals surface area contributed by atoms with Gasteiger partial charge in [0.05, 0.1) is 0 Å². The lowest BCUT2D eigenvalue weighted by Crippen LogP contribution is -2.35. The van der Waals surface area contributed by atoms with Crippen molar-refractivity contribution in [1.82, 2.24) is 5.32 Å². The lowest BCUT2D eigenvalue weighted by Gasteiger charge is -2.28. The van der Waals surface area contributed by atoms with E-state index in [4.69, 9.17) is 0 Å². The van der Waals surface area contributed by atoms with Crippen LogP contribution in [0.15, 0.2) is 27.1 Å². The molecule has 0 aliphatic heterocycles. The molecule has 3 rings (SSSR count). The van der Waals surface area contributed by atoms with Gasteiger partial charge in [0, 0.05) is 21.5 Å². The first kappa shape index (κ1) is 14.1. The molecule has 2 aliphatic carbocycles. The van der Waals surface area contributed by atoms with Crippen LogP contribution in [0.1, 0.15) is 38.2 Å². The van der Waals surface area contributed by atoms with Gasteiger partial charge in [-0.15, -0.1) is 0 Å². The van der Waals surface area contributed by atoms with Crippen LogP contribution in [-0.2, 0) is 6.54 Å². The van der Waals surface area contributed by atoms with Crippen molar-refractivity contribution in [3.05, 3.63) is 32.7 Å². The van der Waals surface area contributed by atoms with E-state index in [2.05, 4.69) is 62.3 Å². The second-order valence-electron chi connectivity index (χ2n) is 6.26. The van der Waals surface area contributed by atoms with Gasteiger partial charge >= 0.3 is 0 Å². The highest BCUT2D eigenvalue weighted by molar-refractivity contribution is 9.13.